The molecule has 9 nitrogen and oxygen atoms in total. The highest BCUT2D eigenvalue weighted by Crippen LogP contribution is 1.86. The normalized spacial score (nSPS) is 9.81. The van der Waals surface area contributed by atoms with E-state index in [1.807, 2.05) is 0 Å². The first-order valence-corrected chi connectivity index (χ1v) is 6.43. The van der Waals surface area contributed by atoms with Crippen molar-refractivity contribution >= 4 is 11.9 Å². The topological polar surface area (TPSA) is 143 Å². The van der Waals surface area contributed by atoms with Crippen LogP contribution in [-0.4, -0.2) is 85.2 Å². The van der Waals surface area contributed by atoms with Gasteiger partial charge < -0.3 is 34.6 Å². The minimum absolute atomic E-state index is 0.0413. The smallest absolute Gasteiger partial charge is 0.303 e. The van der Waals surface area contributed by atoms with E-state index in [0.717, 1.165) is 0 Å². The Morgan fingerprint density at radius 2 is 0.905 bits per heavy atom. The van der Waals surface area contributed by atoms with E-state index in [0.29, 0.717) is 39.6 Å². The summed E-state index contributed by atoms with van der Waals surface area (Å²) in [7, 11) is 0. The molecule has 9 heteroatoms. The molecule has 0 aliphatic rings. The molecule has 0 unspecified atom stereocenters. The van der Waals surface area contributed by atoms with E-state index >= 15 is 0 Å². The molecule has 0 aliphatic carbocycles. The number of ether oxygens (including phenoxy) is 3. The van der Waals surface area contributed by atoms with Crippen LogP contribution in [0.15, 0.2) is 0 Å². The first-order valence-electron chi connectivity index (χ1n) is 6.43. The van der Waals surface area contributed by atoms with Crippen molar-refractivity contribution in [1.82, 2.24) is 0 Å². The van der Waals surface area contributed by atoms with Crippen LogP contribution < -0.4 is 0 Å². The zero-order chi connectivity index (χ0) is 16.3. The lowest BCUT2D eigenvalue weighted by Gasteiger charge is -2.04. The summed E-state index contributed by atoms with van der Waals surface area (Å²) in [4.78, 5) is 19.3. The fourth-order valence-corrected chi connectivity index (χ4v) is 0.885. The van der Waals surface area contributed by atoms with Gasteiger partial charge in [-0.25, -0.2) is 0 Å². The Labute approximate surface area is 123 Å². The fraction of sp³-hybridized carbons (Fsp3) is 0.833. The summed E-state index contributed by atoms with van der Waals surface area (Å²) >= 11 is 0. The van der Waals surface area contributed by atoms with Gasteiger partial charge in [-0.1, -0.05) is 0 Å². The van der Waals surface area contributed by atoms with E-state index in [2.05, 4.69) is 0 Å². The molecule has 4 N–H and O–H groups in total. The Kier molecular flexibility index (Phi) is 19.7. The summed E-state index contributed by atoms with van der Waals surface area (Å²) in [5, 5.41) is 32.5. The van der Waals surface area contributed by atoms with E-state index in [9.17, 15) is 9.59 Å². The molecule has 0 amide bonds. The summed E-state index contributed by atoms with van der Waals surface area (Å²) in [6.45, 7) is 2.76. The average molecular weight is 312 g/mol. The zero-order valence-electron chi connectivity index (χ0n) is 11.9. The minimum atomic E-state index is -1.08. The lowest BCUT2D eigenvalue weighted by atomic mass is 10.3. The molecule has 0 heterocycles. The van der Waals surface area contributed by atoms with Gasteiger partial charge in [-0.05, 0) is 0 Å². The van der Waals surface area contributed by atoms with Crippen molar-refractivity contribution < 1.29 is 44.2 Å². The number of aliphatic hydroxyl groups is 2. The largest absolute Gasteiger partial charge is 0.481 e. The molecule has 0 aromatic heterocycles. The molecule has 0 atom stereocenters. The highest BCUT2D eigenvalue weighted by atomic mass is 16.5. The Balaban J connectivity index is 0. The number of rotatable bonds is 13. The molecular weight excluding hydrogens is 288 g/mol. The summed E-state index contributed by atoms with van der Waals surface area (Å²) in [5.41, 5.74) is 0. The van der Waals surface area contributed by atoms with Gasteiger partial charge in [0.1, 0.15) is 0 Å². The van der Waals surface area contributed by atoms with Crippen LogP contribution >= 0.6 is 0 Å². The number of carboxylic acid groups (broad SMARTS) is 2. The van der Waals surface area contributed by atoms with Gasteiger partial charge in [0.25, 0.3) is 0 Å². The van der Waals surface area contributed by atoms with Crippen molar-refractivity contribution in [3.8, 4) is 0 Å². The van der Waals surface area contributed by atoms with Gasteiger partial charge in [0, 0.05) is 0 Å². The van der Waals surface area contributed by atoms with Gasteiger partial charge in [0.2, 0.25) is 0 Å². The quantitative estimate of drug-likeness (QED) is 0.313. The number of carboxylic acids is 2. The van der Waals surface area contributed by atoms with E-state index in [1.54, 1.807) is 0 Å². The highest BCUT2D eigenvalue weighted by molar-refractivity contribution is 5.75. The Morgan fingerprint density at radius 1 is 0.619 bits per heavy atom. The summed E-state index contributed by atoms with van der Waals surface area (Å²) in [6, 6.07) is 0. The van der Waals surface area contributed by atoms with E-state index < -0.39 is 11.9 Å². The molecule has 0 aliphatic heterocycles. The molecule has 0 aromatic rings. The van der Waals surface area contributed by atoms with Gasteiger partial charge in [0.15, 0.2) is 0 Å². The molecule has 0 saturated carbocycles. The van der Waals surface area contributed by atoms with Crippen LogP contribution in [0.2, 0.25) is 0 Å². The number of hydrogen-bond acceptors (Lipinski definition) is 7. The fourth-order valence-electron chi connectivity index (χ4n) is 0.885. The summed E-state index contributed by atoms with van der Waals surface area (Å²) < 4.78 is 15.0. The molecule has 0 bridgehead atoms. The first kappa shape index (κ1) is 22.0. The maximum Gasteiger partial charge on any atom is 0.303 e. The predicted octanol–water partition coefficient (Wildman–Crippen LogP) is -1.04. The second-order valence-corrected chi connectivity index (χ2v) is 3.57. The molecular formula is C12H24O9. The molecule has 126 valence electrons. The van der Waals surface area contributed by atoms with Crippen LogP contribution in [0.25, 0.3) is 0 Å². The molecule has 0 rings (SSSR count). The molecule has 0 radical (unpaired) electrons. The second kappa shape index (κ2) is 18.7. The SMILES string of the molecule is O=C(O)CCC(=O)O.OCCOCCOCCOCCO. The molecule has 0 saturated heterocycles. The summed E-state index contributed by atoms with van der Waals surface area (Å²) in [5.74, 6) is -2.15. The maximum atomic E-state index is 9.64. The highest BCUT2D eigenvalue weighted by Gasteiger charge is 2.00. The van der Waals surface area contributed by atoms with Crippen LogP contribution in [0.3, 0.4) is 0 Å². The van der Waals surface area contributed by atoms with Crippen LogP contribution in [0, 0.1) is 0 Å². The molecule has 0 fully saturated rings. The number of aliphatic carboxylic acids is 2. The lowest BCUT2D eigenvalue weighted by Crippen LogP contribution is -2.11. The molecule has 0 aromatic carbocycles. The average Bonchev–Trinajstić information content (AvgIpc) is 2.44. The van der Waals surface area contributed by atoms with Crippen molar-refractivity contribution in [3.63, 3.8) is 0 Å². The van der Waals surface area contributed by atoms with Crippen LogP contribution in [0.5, 0.6) is 0 Å². The van der Waals surface area contributed by atoms with Gasteiger partial charge in [-0.15, -0.1) is 0 Å². The van der Waals surface area contributed by atoms with E-state index in [1.165, 1.54) is 0 Å². The maximum absolute atomic E-state index is 9.64. The second-order valence-electron chi connectivity index (χ2n) is 3.57. The Hall–Kier alpha value is -1.26. The van der Waals surface area contributed by atoms with Crippen LogP contribution in [-0.2, 0) is 23.8 Å². The van der Waals surface area contributed by atoms with Gasteiger partial charge in [0.05, 0.1) is 65.7 Å². The monoisotopic (exact) mass is 312 g/mol. The van der Waals surface area contributed by atoms with Crippen molar-refractivity contribution in [2.24, 2.45) is 0 Å². The van der Waals surface area contributed by atoms with Crippen LogP contribution in [0.1, 0.15) is 12.8 Å². The lowest BCUT2D eigenvalue weighted by molar-refractivity contribution is -0.143. The van der Waals surface area contributed by atoms with E-state index in [4.69, 9.17) is 34.6 Å². The zero-order valence-corrected chi connectivity index (χ0v) is 11.9. The summed E-state index contributed by atoms with van der Waals surface area (Å²) in [6.07, 6.45) is -0.593. The van der Waals surface area contributed by atoms with Gasteiger partial charge >= 0.3 is 11.9 Å². The van der Waals surface area contributed by atoms with Crippen molar-refractivity contribution in [2.75, 3.05) is 52.9 Å². The number of aliphatic hydroxyl groups excluding tert-OH is 2. The van der Waals surface area contributed by atoms with Crippen molar-refractivity contribution in [3.05, 3.63) is 0 Å². The molecule has 0 spiro atoms. The predicted molar refractivity (Wildman–Crippen MR) is 71.1 cm³/mol. The number of hydrogen-bond donors (Lipinski definition) is 4. The van der Waals surface area contributed by atoms with Gasteiger partial charge in [-0.3, -0.25) is 9.59 Å². The van der Waals surface area contributed by atoms with Gasteiger partial charge in [-0.2, -0.15) is 0 Å². The van der Waals surface area contributed by atoms with Crippen molar-refractivity contribution in [1.29, 1.82) is 0 Å². The standard InChI is InChI=1S/C8H18O5.C4H6O4/c9-1-3-11-5-7-13-8-6-12-4-2-10;5-3(6)1-2-4(7)8/h9-10H,1-8H2;1-2H2,(H,5,6)(H,7,8). The molecule has 21 heavy (non-hydrogen) atoms. The van der Waals surface area contributed by atoms with Crippen LogP contribution in [0.4, 0.5) is 0 Å². The Bertz CT molecular complexity index is 221. The third kappa shape index (κ3) is 27.8. The Morgan fingerprint density at radius 3 is 1.14 bits per heavy atom. The van der Waals surface area contributed by atoms with Crippen molar-refractivity contribution in [2.45, 2.75) is 12.8 Å². The first-order chi connectivity index (χ1) is 10.0. The third-order valence-corrected chi connectivity index (χ3v) is 1.77. The third-order valence-electron chi connectivity index (χ3n) is 1.77. The number of carbonyl (C=O) groups is 2. The van der Waals surface area contributed by atoms with E-state index in [-0.39, 0.29) is 26.1 Å². The minimum Gasteiger partial charge on any atom is -0.481 e.